The molecule has 0 saturated heterocycles. The quantitative estimate of drug-likeness (QED) is 0.527. The van der Waals surface area contributed by atoms with Crippen molar-refractivity contribution in [1.29, 1.82) is 0 Å². The van der Waals surface area contributed by atoms with E-state index in [0.717, 1.165) is 0 Å². The third-order valence-electron chi connectivity index (χ3n) is 1.72. The second kappa shape index (κ2) is 3.94. The summed E-state index contributed by atoms with van der Waals surface area (Å²) >= 11 is 0. The van der Waals surface area contributed by atoms with Crippen LogP contribution in [0.2, 0.25) is 19.9 Å². The first-order valence-corrected chi connectivity index (χ1v) is 7.08. The Morgan fingerprint density at radius 3 is 2.33 bits per heavy atom. The normalized spacial score (nSPS) is 12.4. The highest BCUT2D eigenvalue weighted by atomic mass is 28.3. The Hall–Kier alpha value is 0.0218. The predicted molar refractivity (Wildman–Crippen MR) is 49.9 cm³/mol. The summed E-state index contributed by atoms with van der Waals surface area (Å²) < 4.78 is 0. The Morgan fingerprint density at radius 2 is 2.00 bits per heavy atom. The van der Waals surface area contributed by atoms with Crippen molar-refractivity contribution in [1.82, 2.24) is 0 Å². The highest BCUT2D eigenvalue weighted by Crippen LogP contribution is 2.01. The molecule has 2 heteroatoms. The monoisotopic (exact) mass is 140 g/mol. The minimum atomic E-state index is -0.879. The molecule has 0 nitrogen and oxygen atoms in total. The van der Waals surface area contributed by atoms with Gasteiger partial charge >= 0.3 is 0 Å². The van der Waals surface area contributed by atoms with Gasteiger partial charge in [0, 0.05) is 7.94 Å². The maximum absolute atomic E-state index is 2.44. The van der Waals surface area contributed by atoms with Crippen LogP contribution in [0.15, 0.2) is 11.8 Å². The van der Waals surface area contributed by atoms with Crippen LogP contribution in [0, 0.1) is 0 Å². The summed E-state index contributed by atoms with van der Waals surface area (Å²) in [7, 11) is -0.879. The van der Waals surface area contributed by atoms with E-state index in [1.54, 1.807) is 0 Å². The van der Waals surface area contributed by atoms with Gasteiger partial charge in [0.15, 0.2) is 0 Å². The maximum Gasteiger partial charge on any atom is 0.117 e. The third kappa shape index (κ3) is 4.52. The molecule has 0 radical (unpaired) electrons. The molecule has 0 aliphatic rings. The van der Waals surface area contributed by atoms with Gasteiger partial charge in [-0.25, -0.2) is 0 Å². The molecule has 0 aliphatic heterocycles. The fourth-order valence-corrected chi connectivity index (χ4v) is 1.66. The van der Waals surface area contributed by atoms with Crippen molar-refractivity contribution in [2.75, 3.05) is 0 Å². The van der Waals surface area contributed by atoms with Crippen LogP contribution in [0.1, 0.15) is 13.3 Å². The van der Waals surface area contributed by atoms with Crippen molar-refractivity contribution in [2.45, 2.75) is 33.3 Å². The highest BCUT2D eigenvalue weighted by molar-refractivity contribution is 7.25. The van der Waals surface area contributed by atoms with Crippen LogP contribution >= 0.6 is 0 Å². The molecule has 0 fully saturated rings. The molecule has 0 unspecified atom stereocenters. The van der Waals surface area contributed by atoms with Crippen molar-refractivity contribution in [3.05, 3.63) is 11.8 Å². The molecule has 0 saturated carbocycles. The SMILES string of the molecule is CB[Si](C)(C)/C=C\CC. The predicted octanol–water partition coefficient (Wildman–Crippen LogP) is 2.18. The van der Waals surface area contributed by atoms with E-state index in [-0.39, 0.29) is 0 Å². The Morgan fingerprint density at radius 1 is 1.44 bits per heavy atom. The van der Waals surface area contributed by atoms with Gasteiger partial charge in [0.2, 0.25) is 0 Å². The van der Waals surface area contributed by atoms with Gasteiger partial charge in [-0.05, 0) is 6.42 Å². The van der Waals surface area contributed by atoms with Crippen LogP contribution in [0.3, 0.4) is 0 Å². The van der Waals surface area contributed by atoms with Gasteiger partial charge < -0.3 is 0 Å². The van der Waals surface area contributed by atoms with Crippen LogP contribution < -0.4 is 0 Å². The molecule has 0 aromatic carbocycles. The molecule has 0 spiro atoms. The Kier molecular flexibility index (Phi) is 3.95. The average Bonchev–Trinajstić information content (AvgIpc) is 1.84. The molecule has 0 atom stereocenters. The Labute approximate surface area is 60.5 Å². The van der Waals surface area contributed by atoms with Crippen LogP contribution in [-0.4, -0.2) is 14.8 Å². The summed E-state index contributed by atoms with van der Waals surface area (Å²) in [6.45, 7) is 10.6. The maximum atomic E-state index is 2.44. The summed E-state index contributed by atoms with van der Waals surface area (Å²) in [4.78, 5) is 0. The van der Waals surface area contributed by atoms with Gasteiger partial charge in [-0.15, -0.1) is 5.70 Å². The summed E-state index contributed by atoms with van der Waals surface area (Å²) in [6.07, 6.45) is 3.49. The Bertz CT molecular complexity index is 97.1. The smallest absolute Gasteiger partial charge is 0.106 e. The van der Waals surface area contributed by atoms with Crippen molar-refractivity contribution in [3.8, 4) is 0 Å². The van der Waals surface area contributed by atoms with Gasteiger partial charge in [0.25, 0.3) is 0 Å². The molecule has 0 aliphatic carbocycles. The molecule has 0 amide bonds. The van der Waals surface area contributed by atoms with Crippen molar-refractivity contribution in [2.24, 2.45) is 0 Å². The molecular weight excluding hydrogens is 123 g/mol. The van der Waals surface area contributed by atoms with E-state index in [0.29, 0.717) is 0 Å². The molecule has 0 N–H and O–H groups in total. The van der Waals surface area contributed by atoms with E-state index in [1.165, 1.54) is 13.3 Å². The van der Waals surface area contributed by atoms with E-state index in [4.69, 9.17) is 0 Å². The minimum Gasteiger partial charge on any atom is -0.106 e. The van der Waals surface area contributed by atoms with Gasteiger partial charge in [-0.2, -0.15) is 0 Å². The Balaban J connectivity index is 3.70. The van der Waals surface area contributed by atoms with E-state index >= 15 is 0 Å². The molecule has 0 heterocycles. The molecule has 0 rings (SSSR count). The van der Waals surface area contributed by atoms with Crippen molar-refractivity contribution in [3.63, 3.8) is 0 Å². The third-order valence-corrected chi connectivity index (χ3v) is 4.68. The van der Waals surface area contributed by atoms with Gasteiger partial charge in [0.05, 0.1) is 0 Å². The molecule has 52 valence electrons. The first-order valence-electron chi connectivity index (χ1n) is 3.80. The van der Waals surface area contributed by atoms with Gasteiger partial charge in [-0.3, -0.25) is 0 Å². The molecule has 9 heavy (non-hydrogen) atoms. The van der Waals surface area contributed by atoms with Gasteiger partial charge in [0.1, 0.15) is 6.87 Å². The second-order valence-corrected chi connectivity index (χ2v) is 8.17. The molecule has 0 aromatic rings. The van der Waals surface area contributed by atoms with E-state index in [9.17, 15) is 0 Å². The van der Waals surface area contributed by atoms with E-state index < -0.39 is 7.94 Å². The molecule has 0 aromatic heterocycles. The zero-order valence-electron chi connectivity index (χ0n) is 7.07. The van der Waals surface area contributed by atoms with Crippen molar-refractivity contribution < 1.29 is 0 Å². The number of allylic oxidation sites excluding steroid dienone is 1. The van der Waals surface area contributed by atoms with Gasteiger partial charge in [-0.1, -0.05) is 32.9 Å². The molecule has 0 bridgehead atoms. The highest BCUT2D eigenvalue weighted by Gasteiger charge is 2.12. The van der Waals surface area contributed by atoms with E-state index in [1.807, 2.05) is 0 Å². The van der Waals surface area contributed by atoms with Crippen LogP contribution in [0.25, 0.3) is 0 Å². The standard InChI is InChI=1S/C7H17BSi/c1-5-6-7-9(3,4)8-2/h6-8H,5H2,1-4H3/b7-6-. The first-order chi connectivity index (χ1) is 4.12. The lowest BCUT2D eigenvalue weighted by molar-refractivity contribution is 1.23. The average molecular weight is 140 g/mol. The lowest BCUT2D eigenvalue weighted by Gasteiger charge is -2.12. The van der Waals surface area contributed by atoms with E-state index in [2.05, 4.69) is 38.6 Å². The fourth-order valence-electron chi connectivity index (χ4n) is 0.555. The zero-order chi connectivity index (χ0) is 7.33. The number of rotatable bonds is 3. The fraction of sp³-hybridized carbons (Fsp3) is 0.714. The lowest BCUT2D eigenvalue weighted by atomic mass is 10.2. The number of hydrogen-bond donors (Lipinski definition) is 0. The number of hydrogen-bond acceptors (Lipinski definition) is 0. The second-order valence-electron chi connectivity index (χ2n) is 3.15. The largest absolute Gasteiger partial charge is 0.117 e. The van der Waals surface area contributed by atoms with Crippen LogP contribution in [0.5, 0.6) is 0 Å². The first kappa shape index (κ1) is 9.02. The molecular formula is C7H17BSi. The summed E-state index contributed by atoms with van der Waals surface area (Å²) in [5.74, 6) is 0. The topological polar surface area (TPSA) is 0 Å². The summed E-state index contributed by atoms with van der Waals surface area (Å²) in [5.41, 5.74) is 2.44. The summed E-state index contributed by atoms with van der Waals surface area (Å²) in [6, 6.07) is 0. The lowest BCUT2D eigenvalue weighted by Crippen LogP contribution is -2.29. The minimum absolute atomic E-state index is 0.879. The van der Waals surface area contributed by atoms with Crippen LogP contribution in [-0.2, 0) is 0 Å². The summed E-state index contributed by atoms with van der Waals surface area (Å²) in [5, 5.41) is 0. The van der Waals surface area contributed by atoms with Crippen molar-refractivity contribution >= 4 is 14.8 Å². The zero-order valence-corrected chi connectivity index (χ0v) is 8.07. The van der Waals surface area contributed by atoms with Crippen LogP contribution in [0.4, 0.5) is 0 Å².